The predicted molar refractivity (Wildman–Crippen MR) is 148 cm³/mol. The first kappa shape index (κ1) is 24.3. The van der Waals surface area contributed by atoms with E-state index in [-0.39, 0.29) is 0 Å². The molecule has 0 unspecified atom stereocenters. The fraction of sp³-hybridized carbons (Fsp3) is 0.414. The van der Waals surface area contributed by atoms with Crippen molar-refractivity contribution in [1.29, 1.82) is 0 Å². The molecule has 7 heteroatoms. The molecule has 2 N–H and O–H groups in total. The standard InChI is InChI=1S/C29H37N7/c1-4-10-27-21(20-31-36(27)24-11-6-5-7-12-24)19-30-22-15-17-23(18-16-22)32-29-33-26-14-9-8-13-25(26)28(34-29)35(2)3/h5-9,11-14,20,22-23,30H,4,10,15-19H2,1-3H3,(H,32,33,34)/t22-,23+. The minimum absolute atomic E-state index is 0.399. The van der Waals surface area contributed by atoms with Crippen LogP contribution in [0.2, 0.25) is 0 Å². The summed E-state index contributed by atoms with van der Waals surface area (Å²) >= 11 is 0. The van der Waals surface area contributed by atoms with Gasteiger partial charge in [-0.15, -0.1) is 0 Å². The number of fused-ring (bicyclic) bond motifs is 1. The molecule has 188 valence electrons. The van der Waals surface area contributed by atoms with Crippen molar-refractivity contribution in [3.63, 3.8) is 0 Å². The first-order valence-electron chi connectivity index (χ1n) is 13.2. The lowest BCUT2D eigenvalue weighted by atomic mass is 9.91. The van der Waals surface area contributed by atoms with Gasteiger partial charge in [0, 0.05) is 49.4 Å². The third-order valence-corrected chi connectivity index (χ3v) is 7.09. The summed E-state index contributed by atoms with van der Waals surface area (Å²) in [5.41, 5.74) is 4.73. The molecule has 0 spiro atoms. The van der Waals surface area contributed by atoms with Gasteiger partial charge in [-0.3, -0.25) is 0 Å². The van der Waals surface area contributed by atoms with Crippen LogP contribution >= 0.6 is 0 Å². The second-order valence-electron chi connectivity index (χ2n) is 9.97. The van der Waals surface area contributed by atoms with Crippen LogP contribution in [0.25, 0.3) is 16.6 Å². The Morgan fingerprint density at radius 3 is 2.39 bits per heavy atom. The fourth-order valence-corrected chi connectivity index (χ4v) is 5.19. The molecule has 0 amide bonds. The van der Waals surface area contributed by atoms with E-state index in [2.05, 4.69) is 63.5 Å². The van der Waals surface area contributed by atoms with Gasteiger partial charge in [0.15, 0.2) is 0 Å². The van der Waals surface area contributed by atoms with Crippen LogP contribution in [0.1, 0.15) is 50.3 Å². The van der Waals surface area contributed by atoms with Gasteiger partial charge in [-0.25, -0.2) is 9.67 Å². The molecule has 1 fully saturated rings. The minimum atomic E-state index is 0.399. The second kappa shape index (κ2) is 11.1. The lowest BCUT2D eigenvalue weighted by molar-refractivity contribution is 0.352. The van der Waals surface area contributed by atoms with Crippen molar-refractivity contribution in [3.05, 3.63) is 72.1 Å². The Labute approximate surface area is 214 Å². The monoisotopic (exact) mass is 483 g/mol. The summed E-state index contributed by atoms with van der Waals surface area (Å²) in [4.78, 5) is 11.7. The average Bonchev–Trinajstić information content (AvgIpc) is 3.31. The normalized spacial score (nSPS) is 17.9. The molecule has 0 saturated heterocycles. The lowest BCUT2D eigenvalue weighted by Gasteiger charge is -2.30. The van der Waals surface area contributed by atoms with Gasteiger partial charge in [0.25, 0.3) is 0 Å². The predicted octanol–water partition coefficient (Wildman–Crippen LogP) is 5.35. The van der Waals surface area contributed by atoms with E-state index in [9.17, 15) is 0 Å². The van der Waals surface area contributed by atoms with Gasteiger partial charge in [0.1, 0.15) is 5.82 Å². The summed E-state index contributed by atoms with van der Waals surface area (Å²) in [7, 11) is 4.07. The quantitative estimate of drug-likeness (QED) is 0.335. The third kappa shape index (κ3) is 5.36. The van der Waals surface area contributed by atoms with E-state index in [1.54, 1.807) is 0 Å². The first-order valence-corrected chi connectivity index (χ1v) is 13.2. The van der Waals surface area contributed by atoms with E-state index in [0.717, 1.165) is 73.4 Å². The van der Waals surface area contributed by atoms with E-state index in [1.165, 1.54) is 11.3 Å². The Morgan fingerprint density at radius 1 is 0.917 bits per heavy atom. The molecule has 0 bridgehead atoms. The van der Waals surface area contributed by atoms with Crippen molar-refractivity contribution in [2.75, 3.05) is 24.3 Å². The van der Waals surface area contributed by atoms with Crippen LogP contribution in [-0.2, 0) is 13.0 Å². The highest BCUT2D eigenvalue weighted by Gasteiger charge is 2.23. The number of hydrogen-bond acceptors (Lipinski definition) is 6. The lowest BCUT2D eigenvalue weighted by Crippen LogP contribution is -2.37. The van der Waals surface area contributed by atoms with Gasteiger partial charge in [0.05, 0.1) is 17.4 Å². The Kier molecular flexibility index (Phi) is 7.47. The van der Waals surface area contributed by atoms with E-state index in [4.69, 9.17) is 15.1 Å². The van der Waals surface area contributed by atoms with Gasteiger partial charge in [-0.05, 0) is 56.4 Å². The number of nitrogens with zero attached hydrogens (tertiary/aromatic N) is 5. The van der Waals surface area contributed by atoms with Crippen molar-refractivity contribution in [1.82, 2.24) is 25.1 Å². The van der Waals surface area contributed by atoms with Crippen LogP contribution < -0.4 is 15.5 Å². The Balaban J connectivity index is 1.19. The second-order valence-corrected chi connectivity index (χ2v) is 9.97. The van der Waals surface area contributed by atoms with Crippen molar-refractivity contribution >= 4 is 22.7 Å². The minimum Gasteiger partial charge on any atom is -0.362 e. The number of hydrogen-bond donors (Lipinski definition) is 2. The summed E-state index contributed by atoms with van der Waals surface area (Å²) < 4.78 is 2.10. The number of aromatic nitrogens is 4. The molecule has 4 aromatic rings. The Morgan fingerprint density at radius 2 is 1.64 bits per heavy atom. The van der Waals surface area contributed by atoms with E-state index in [1.807, 2.05) is 38.5 Å². The maximum Gasteiger partial charge on any atom is 0.225 e. The van der Waals surface area contributed by atoms with Gasteiger partial charge in [0.2, 0.25) is 5.95 Å². The van der Waals surface area contributed by atoms with Gasteiger partial charge in [-0.1, -0.05) is 43.7 Å². The van der Waals surface area contributed by atoms with Crippen molar-refractivity contribution in [2.24, 2.45) is 0 Å². The van der Waals surface area contributed by atoms with Crippen LogP contribution in [-0.4, -0.2) is 45.9 Å². The van der Waals surface area contributed by atoms with E-state index >= 15 is 0 Å². The Hall–Kier alpha value is -3.45. The van der Waals surface area contributed by atoms with Gasteiger partial charge < -0.3 is 15.5 Å². The SMILES string of the molecule is CCCc1c(CN[C@H]2CC[C@@H](Nc3nc(N(C)C)c4ccccc4n3)CC2)cnn1-c1ccccc1. The van der Waals surface area contributed by atoms with Crippen molar-refractivity contribution < 1.29 is 0 Å². The number of para-hydroxylation sites is 2. The molecule has 1 aliphatic rings. The molecule has 2 aromatic heterocycles. The first-order chi connectivity index (χ1) is 17.6. The van der Waals surface area contributed by atoms with E-state index in [0.29, 0.717) is 12.1 Å². The van der Waals surface area contributed by atoms with Crippen LogP contribution in [0.3, 0.4) is 0 Å². The largest absolute Gasteiger partial charge is 0.362 e. The summed E-state index contributed by atoms with van der Waals surface area (Å²) in [6.07, 6.45) is 8.67. The highest BCUT2D eigenvalue weighted by molar-refractivity contribution is 5.90. The zero-order valence-electron chi connectivity index (χ0n) is 21.6. The van der Waals surface area contributed by atoms with Gasteiger partial charge in [-0.2, -0.15) is 10.1 Å². The Bertz CT molecular complexity index is 1270. The number of anilines is 2. The molecule has 7 nitrogen and oxygen atoms in total. The van der Waals surface area contributed by atoms with E-state index < -0.39 is 0 Å². The van der Waals surface area contributed by atoms with Crippen LogP contribution in [0, 0.1) is 0 Å². The smallest absolute Gasteiger partial charge is 0.225 e. The van der Waals surface area contributed by atoms with Crippen molar-refractivity contribution in [2.45, 2.75) is 64.1 Å². The number of rotatable bonds is 9. The molecule has 0 atom stereocenters. The van der Waals surface area contributed by atoms with Crippen molar-refractivity contribution in [3.8, 4) is 5.69 Å². The average molecular weight is 484 g/mol. The highest BCUT2D eigenvalue weighted by atomic mass is 15.3. The molecular formula is C29H37N7. The summed E-state index contributed by atoms with van der Waals surface area (Å²) in [5.74, 6) is 1.68. The van der Waals surface area contributed by atoms with Gasteiger partial charge >= 0.3 is 0 Å². The molecule has 0 radical (unpaired) electrons. The maximum atomic E-state index is 4.82. The third-order valence-electron chi connectivity index (χ3n) is 7.09. The number of benzene rings is 2. The molecule has 5 rings (SSSR count). The molecule has 1 saturated carbocycles. The molecule has 0 aliphatic heterocycles. The summed E-state index contributed by atoms with van der Waals surface area (Å²) in [6.45, 7) is 3.10. The molecule has 2 heterocycles. The topological polar surface area (TPSA) is 70.9 Å². The molecule has 2 aromatic carbocycles. The van der Waals surface area contributed by atoms with Crippen LogP contribution in [0.15, 0.2) is 60.8 Å². The fourth-order valence-electron chi connectivity index (χ4n) is 5.19. The summed E-state index contributed by atoms with van der Waals surface area (Å²) in [6, 6.07) is 19.6. The molecule has 36 heavy (non-hydrogen) atoms. The van der Waals surface area contributed by atoms with Crippen LogP contribution in [0.5, 0.6) is 0 Å². The zero-order chi connectivity index (χ0) is 24.9. The zero-order valence-corrected chi connectivity index (χ0v) is 21.6. The van der Waals surface area contributed by atoms with Crippen LogP contribution in [0.4, 0.5) is 11.8 Å². The maximum absolute atomic E-state index is 4.82. The highest BCUT2D eigenvalue weighted by Crippen LogP contribution is 2.27. The molecular weight excluding hydrogens is 446 g/mol. The molecule has 1 aliphatic carbocycles. The summed E-state index contributed by atoms with van der Waals surface area (Å²) in [5, 5.41) is 13.2. The number of nitrogens with one attached hydrogen (secondary N) is 2.